The minimum absolute atomic E-state index is 0.706. The van der Waals surface area contributed by atoms with Gasteiger partial charge in [-0.15, -0.1) is 11.3 Å². The standard InChI is InChI=1S/C13H20N2S/c1-2-15(11-8-14-9-11)13(10-5-6-10)12-4-3-7-16-12/h3-4,7,10-11,13-14H,2,5-6,8-9H2,1H3. The van der Waals surface area contributed by atoms with Gasteiger partial charge < -0.3 is 5.32 Å². The third-order valence-corrected chi connectivity index (χ3v) is 4.80. The zero-order chi connectivity index (χ0) is 11.0. The van der Waals surface area contributed by atoms with Crippen LogP contribution in [0.3, 0.4) is 0 Å². The number of thiophene rings is 1. The molecule has 88 valence electrons. The van der Waals surface area contributed by atoms with Crippen molar-refractivity contribution in [3.05, 3.63) is 22.4 Å². The van der Waals surface area contributed by atoms with Gasteiger partial charge in [-0.3, -0.25) is 4.90 Å². The Balaban J connectivity index is 1.80. The maximum absolute atomic E-state index is 3.40. The van der Waals surface area contributed by atoms with Crippen molar-refractivity contribution in [1.82, 2.24) is 10.2 Å². The van der Waals surface area contributed by atoms with Crippen molar-refractivity contribution in [3.63, 3.8) is 0 Å². The van der Waals surface area contributed by atoms with E-state index in [4.69, 9.17) is 0 Å². The van der Waals surface area contributed by atoms with Crippen molar-refractivity contribution in [3.8, 4) is 0 Å². The van der Waals surface area contributed by atoms with E-state index in [9.17, 15) is 0 Å². The van der Waals surface area contributed by atoms with Gasteiger partial charge in [0.25, 0.3) is 0 Å². The van der Waals surface area contributed by atoms with Gasteiger partial charge in [0.1, 0.15) is 0 Å². The SMILES string of the molecule is CCN(C1CNC1)C(c1cccs1)C1CC1. The summed E-state index contributed by atoms with van der Waals surface area (Å²) in [6, 6.07) is 6.00. The number of likely N-dealkylation sites (N-methyl/N-ethyl adjacent to an activating group) is 1. The molecule has 1 aliphatic heterocycles. The molecule has 0 spiro atoms. The van der Waals surface area contributed by atoms with Crippen LogP contribution >= 0.6 is 11.3 Å². The van der Waals surface area contributed by atoms with Gasteiger partial charge in [0.15, 0.2) is 0 Å². The molecule has 2 fully saturated rings. The number of rotatable bonds is 5. The van der Waals surface area contributed by atoms with E-state index in [2.05, 4.69) is 34.7 Å². The van der Waals surface area contributed by atoms with Crippen molar-refractivity contribution in [1.29, 1.82) is 0 Å². The normalized spacial score (nSPS) is 23.4. The van der Waals surface area contributed by atoms with Gasteiger partial charge in [0.05, 0.1) is 0 Å². The van der Waals surface area contributed by atoms with E-state index < -0.39 is 0 Å². The first-order valence-electron chi connectivity index (χ1n) is 6.40. The predicted molar refractivity (Wildman–Crippen MR) is 68.8 cm³/mol. The number of nitrogens with zero attached hydrogens (tertiary/aromatic N) is 1. The number of hydrogen-bond donors (Lipinski definition) is 1. The summed E-state index contributed by atoms with van der Waals surface area (Å²) in [4.78, 5) is 4.30. The summed E-state index contributed by atoms with van der Waals surface area (Å²) < 4.78 is 0. The van der Waals surface area contributed by atoms with Crippen LogP contribution in [-0.4, -0.2) is 30.6 Å². The molecule has 1 aliphatic carbocycles. The molecule has 2 heterocycles. The molecule has 0 bridgehead atoms. The Morgan fingerprint density at radius 3 is 2.75 bits per heavy atom. The second-order valence-electron chi connectivity index (χ2n) is 4.94. The average molecular weight is 236 g/mol. The van der Waals surface area contributed by atoms with Crippen molar-refractivity contribution >= 4 is 11.3 Å². The molecule has 1 atom stereocenters. The molecule has 1 aromatic rings. The van der Waals surface area contributed by atoms with Crippen molar-refractivity contribution in [2.45, 2.75) is 31.8 Å². The summed E-state index contributed by atoms with van der Waals surface area (Å²) in [5, 5.41) is 5.62. The fraction of sp³-hybridized carbons (Fsp3) is 0.692. The molecule has 3 rings (SSSR count). The third-order valence-electron chi connectivity index (χ3n) is 3.85. The Morgan fingerprint density at radius 2 is 2.31 bits per heavy atom. The largest absolute Gasteiger partial charge is 0.314 e. The highest BCUT2D eigenvalue weighted by atomic mass is 32.1. The molecule has 1 aromatic heterocycles. The highest BCUT2D eigenvalue weighted by molar-refractivity contribution is 7.10. The zero-order valence-corrected chi connectivity index (χ0v) is 10.7. The third kappa shape index (κ3) is 1.92. The van der Waals surface area contributed by atoms with E-state index in [0.29, 0.717) is 6.04 Å². The van der Waals surface area contributed by atoms with E-state index >= 15 is 0 Å². The number of nitrogens with one attached hydrogen (secondary N) is 1. The first kappa shape index (κ1) is 10.8. The Bertz CT molecular complexity index is 328. The van der Waals surface area contributed by atoms with E-state index in [1.54, 1.807) is 4.88 Å². The van der Waals surface area contributed by atoms with Gasteiger partial charge in [-0.05, 0) is 36.8 Å². The second-order valence-corrected chi connectivity index (χ2v) is 5.92. The summed E-state index contributed by atoms with van der Waals surface area (Å²) in [6.07, 6.45) is 2.86. The highest BCUT2D eigenvalue weighted by Crippen LogP contribution is 2.46. The van der Waals surface area contributed by atoms with Crippen molar-refractivity contribution < 1.29 is 0 Å². The molecular formula is C13H20N2S. The van der Waals surface area contributed by atoms with Gasteiger partial charge in [-0.1, -0.05) is 13.0 Å². The van der Waals surface area contributed by atoms with Gasteiger partial charge in [0.2, 0.25) is 0 Å². The van der Waals surface area contributed by atoms with Crippen LogP contribution in [0.15, 0.2) is 17.5 Å². The highest BCUT2D eigenvalue weighted by Gasteiger charge is 2.40. The maximum atomic E-state index is 3.40. The zero-order valence-electron chi connectivity index (χ0n) is 9.86. The topological polar surface area (TPSA) is 15.3 Å². The summed E-state index contributed by atoms with van der Waals surface area (Å²) in [7, 11) is 0. The van der Waals surface area contributed by atoms with Gasteiger partial charge in [0, 0.05) is 30.1 Å². The van der Waals surface area contributed by atoms with Crippen LogP contribution in [0.2, 0.25) is 0 Å². The molecule has 0 aromatic carbocycles. The summed E-state index contributed by atoms with van der Waals surface area (Å²) in [6.45, 7) is 5.86. The van der Waals surface area contributed by atoms with Crippen LogP contribution in [0, 0.1) is 5.92 Å². The quantitative estimate of drug-likeness (QED) is 0.845. The molecule has 0 radical (unpaired) electrons. The molecule has 0 amide bonds. The second kappa shape index (κ2) is 4.47. The first-order valence-corrected chi connectivity index (χ1v) is 7.28. The predicted octanol–water partition coefficient (Wildman–Crippen LogP) is 2.49. The Morgan fingerprint density at radius 1 is 1.50 bits per heavy atom. The molecule has 1 saturated heterocycles. The molecule has 1 N–H and O–H groups in total. The molecule has 3 heteroatoms. The minimum atomic E-state index is 0.706. The fourth-order valence-electron chi connectivity index (χ4n) is 2.73. The summed E-state index contributed by atoms with van der Waals surface area (Å²) in [5.74, 6) is 0.930. The van der Waals surface area contributed by atoms with E-state index in [1.165, 1.54) is 32.5 Å². The molecule has 1 unspecified atom stereocenters. The van der Waals surface area contributed by atoms with Crippen LogP contribution in [-0.2, 0) is 0 Å². The van der Waals surface area contributed by atoms with Gasteiger partial charge >= 0.3 is 0 Å². The molecule has 2 aliphatic rings. The monoisotopic (exact) mass is 236 g/mol. The van der Waals surface area contributed by atoms with E-state index in [1.807, 2.05) is 11.3 Å². The van der Waals surface area contributed by atoms with Crippen LogP contribution in [0.25, 0.3) is 0 Å². The summed E-state index contributed by atoms with van der Waals surface area (Å²) in [5.41, 5.74) is 0. The lowest BCUT2D eigenvalue weighted by Gasteiger charge is -2.42. The van der Waals surface area contributed by atoms with E-state index in [-0.39, 0.29) is 0 Å². The lowest BCUT2D eigenvalue weighted by atomic mass is 10.0. The van der Waals surface area contributed by atoms with Crippen molar-refractivity contribution in [2.24, 2.45) is 5.92 Å². The van der Waals surface area contributed by atoms with Gasteiger partial charge in [-0.25, -0.2) is 0 Å². The Labute approximate surface area is 102 Å². The van der Waals surface area contributed by atoms with Gasteiger partial charge in [-0.2, -0.15) is 0 Å². The molecule has 1 saturated carbocycles. The number of hydrogen-bond acceptors (Lipinski definition) is 3. The minimum Gasteiger partial charge on any atom is -0.314 e. The van der Waals surface area contributed by atoms with Crippen LogP contribution in [0.5, 0.6) is 0 Å². The Kier molecular flexibility index (Phi) is 3.01. The van der Waals surface area contributed by atoms with Crippen LogP contribution in [0.4, 0.5) is 0 Å². The van der Waals surface area contributed by atoms with Crippen molar-refractivity contribution in [2.75, 3.05) is 19.6 Å². The maximum Gasteiger partial charge on any atom is 0.0473 e. The average Bonchev–Trinajstić information content (AvgIpc) is 2.90. The first-order chi connectivity index (χ1) is 7.90. The summed E-state index contributed by atoms with van der Waals surface area (Å²) >= 11 is 1.93. The van der Waals surface area contributed by atoms with Crippen LogP contribution < -0.4 is 5.32 Å². The smallest absolute Gasteiger partial charge is 0.0473 e. The Hall–Kier alpha value is -0.380. The molecule has 2 nitrogen and oxygen atoms in total. The lowest BCUT2D eigenvalue weighted by molar-refractivity contribution is 0.0903. The fourth-order valence-corrected chi connectivity index (χ4v) is 3.67. The molecular weight excluding hydrogens is 216 g/mol. The molecule has 16 heavy (non-hydrogen) atoms. The van der Waals surface area contributed by atoms with E-state index in [0.717, 1.165) is 12.0 Å². The van der Waals surface area contributed by atoms with Crippen LogP contribution in [0.1, 0.15) is 30.7 Å². The lowest BCUT2D eigenvalue weighted by Crippen LogP contribution is -2.58.